The Bertz CT molecular complexity index is 1300. The Morgan fingerprint density at radius 3 is 2.19 bits per heavy atom. The van der Waals surface area contributed by atoms with Crippen molar-refractivity contribution in [2.45, 2.75) is 103 Å². The van der Waals surface area contributed by atoms with Gasteiger partial charge in [0.1, 0.15) is 29.2 Å². The zero-order chi connectivity index (χ0) is 35.0. The SMILES string of the molecule is CC[C@H](C)NC(=O)C(=O)C(NC(=O)C1[C@H]2CCC[C@H]2CN1C(=O)C(NC(=O)C(NC(=O)c1cnccn1)C(C)C)C(C)C)SC(F)F. The molecule has 1 aromatic rings. The van der Waals surface area contributed by atoms with Crippen LogP contribution in [0.5, 0.6) is 0 Å². The lowest BCUT2D eigenvalue weighted by atomic mass is 9.93. The van der Waals surface area contributed by atoms with Gasteiger partial charge >= 0.3 is 0 Å². The Balaban J connectivity index is 1.82. The first-order valence-electron chi connectivity index (χ1n) is 15.9. The number of likely N-dealkylation sites (tertiary alicyclic amines) is 1. The molecular weight excluding hydrogens is 636 g/mol. The first-order chi connectivity index (χ1) is 22.2. The molecule has 3 rings (SSSR count). The van der Waals surface area contributed by atoms with Gasteiger partial charge < -0.3 is 26.2 Å². The number of Topliss-reactive ketones (excluding diaryl/α,β-unsaturated/α-hetero) is 1. The van der Waals surface area contributed by atoms with Crippen molar-refractivity contribution in [1.29, 1.82) is 0 Å². The summed E-state index contributed by atoms with van der Waals surface area (Å²) in [6, 6.07) is -3.62. The Morgan fingerprint density at radius 1 is 0.936 bits per heavy atom. The standard InChI is InChI=1S/C31H45F2N7O6S/c1-7-17(6)36-28(45)24(41)29(47-31(32)33)39-27(44)23-19-10-8-9-18(19)14-40(23)30(46)22(16(4)5)38-26(43)21(15(2)3)37-25(42)20-13-34-11-12-35-20/h11-13,15-19,21-23,29,31H,7-10,14H2,1-6H3,(H,36,45)(H,37,42)(H,38,43)(H,39,44)/t17-,18-,19-,21?,22?,23?,29?/m0/s1. The minimum atomic E-state index is -3.06. The summed E-state index contributed by atoms with van der Waals surface area (Å²) in [5, 5.41) is 8.31. The summed E-state index contributed by atoms with van der Waals surface area (Å²) >= 11 is -0.158. The van der Waals surface area contributed by atoms with Gasteiger partial charge in [-0.1, -0.05) is 52.8 Å². The molecule has 13 nitrogen and oxygen atoms in total. The van der Waals surface area contributed by atoms with Crippen LogP contribution in [-0.2, 0) is 24.0 Å². The smallest absolute Gasteiger partial charge is 0.290 e. The molecule has 16 heteroatoms. The van der Waals surface area contributed by atoms with Gasteiger partial charge in [0.15, 0.2) is 0 Å². The van der Waals surface area contributed by atoms with E-state index < -0.39 is 70.5 Å². The number of amides is 5. The molecule has 1 saturated heterocycles. The van der Waals surface area contributed by atoms with Crippen molar-refractivity contribution in [3.05, 3.63) is 24.3 Å². The van der Waals surface area contributed by atoms with Crippen molar-refractivity contribution in [1.82, 2.24) is 36.1 Å². The molecule has 0 radical (unpaired) electrons. The van der Waals surface area contributed by atoms with Crippen LogP contribution in [0.25, 0.3) is 0 Å². The van der Waals surface area contributed by atoms with Crippen LogP contribution in [0.2, 0.25) is 0 Å². The van der Waals surface area contributed by atoms with E-state index in [9.17, 15) is 37.5 Å². The third-order valence-electron chi connectivity index (χ3n) is 8.67. The van der Waals surface area contributed by atoms with E-state index in [1.807, 2.05) is 0 Å². The van der Waals surface area contributed by atoms with Crippen LogP contribution in [0.3, 0.4) is 0 Å². The predicted molar refractivity (Wildman–Crippen MR) is 170 cm³/mol. The lowest BCUT2D eigenvalue weighted by Crippen LogP contribution is -2.60. The molecule has 4 N–H and O–H groups in total. The summed E-state index contributed by atoms with van der Waals surface area (Å²) in [5.41, 5.74) is 0.0130. The molecule has 1 aromatic heterocycles. The monoisotopic (exact) mass is 681 g/mol. The van der Waals surface area contributed by atoms with E-state index in [0.29, 0.717) is 12.8 Å². The largest absolute Gasteiger partial charge is 0.347 e. The van der Waals surface area contributed by atoms with E-state index >= 15 is 0 Å². The molecule has 0 spiro atoms. The zero-order valence-electron chi connectivity index (χ0n) is 27.5. The molecule has 2 fully saturated rings. The lowest BCUT2D eigenvalue weighted by Gasteiger charge is -2.33. The number of aromatic nitrogens is 2. The number of thioether (sulfide) groups is 1. The van der Waals surface area contributed by atoms with Crippen molar-refractivity contribution in [3.8, 4) is 0 Å². The topological polar surface area (TPSA) is 180 Å². The first kappa shape index (κ1) is 37.8. The molecule has 1 aliphatic heterocycles. The predicted octanol–water partition coefficient (Wildman–Crippen LogP) is 1.88. The number of nitrogens with one attached hydrogen (secondary N) is 4. The molecule has 7 atom stereocenters. The summed E-state index contributed by atoms with van der Waals surface area (Å²) in [5.74, 6) is -9.13. The molecule has 2 heterocycles. The number of nitrogens with zero attached hydrogens (tertiary/aromatic N) is 3. The van der Waals surface area contributed by atoms with Crippen molar-refractivity contribution in [3.63, 3.8) is 0 Å². The van der Waals surface area contributed by atoms with E-state index in [1.54, 1.807) is 41.5 Å². The minimum Gasteiger partial charge on any atom is -0.347 e. The van der Waals surface area contributed by atoms with Gasteiger partial charge in [-0.25, -0.2) is 4.98 Å². The molecule has 260 valence electrons. The van der Waals surface area contributed by atoms with Gasteiger partial charge in [-0.3, -0.25) is 33.8 Å². The number of hydrogen-bond acceptors (Lipinski definition) is 9. The van der Waals surface area contributed by atoms with Crippen LogP contribution in [0.1, 0.15) is 77.7 Å². The Morgan fingerprint density at radius 2 is 1.62 bits per heavy atom. The number of halogens is 2. The van der Waals surface area contributed by atoms with Crippen molar-refractivity contribution in [2.24, 2.45) is 23.7 Å². The fourth-order valence-electron chi connectivity index (χ4n) is 5.96. The number of rotatable bonds is 15. The van der Waals surface area contributed by atoms with Crippen LogP contribution in [-0.4, -0.2) is 92.0 Å². The van der Waals surface area contributed by atoms with Gasteiger partial charge in [-0.05, 0) is 49.9 Å². The van der Waals surface area contributed by atoms with Crippen molar-refractivity contribution >= 4 is 47.1 Å². The molecule has 4 unspecified atom stereocenters. The highest BCUT2D eigenvalue weighted by Gasteiger charge is 2.51. The molecule has 0 aromatic carbocycles. The van der Waals surface area contributed by atoms with Crippen LogP contribution >= 0.6 is 11.8 Å². The van der Waals surface area contributed by atoms with E-state index in [2.05, 4.69) is 31.2 Å². The van der Waals surface area contributed by atoms with Gasteiger partial charge in [0.05, 0.1) is 6.20 Å². The van der Waals surface area contributed by atoms with Gasteiger partial charge in [0.2, 0.25) is 17.7 Å². The Hall–Kier alpha value is -3.69. The van der Waals surface area contributed by atoms with E-state index in [1.165, 1.54) is 23.5 Å². The van der Waals surface area contributed by atoms with Crippen LogP contribution < -0.4 is 21.3 Å². The average molecular weight is 682 g/mol. The van der Waals surface area contributed by atoms with Gasteiger partial charge in [-0.15, -0.1) is 0 Å². The van der Waals surface area contributed by atoms with Crippen molar-refractivity contribution < 1.29 is 37.5 Å². The Labute approximate surface area is 277 Å². The van der Waals surface area contributed by atoms with Crippen LogP contribution in [0.15, 0.2) is 18.6 Å². The first-order valence-corrected chi connectivity index (χ1v) is 16.9. The molecule has 2 aliphatic rings. The lowest BCUT2D eigenvalue weighted by molar-refractivity contribution is -0.144. The number of carbonyl (C=O) groups excluding carboxylic acids is 6. The summed E-state index contributed by atoms with van der Waals surface area (Å²) in [6.45, 7) is 10.5. The second kappa shape index (κ2) is 16.9. The molecule has 47 heavy (non-hydrogen) atoms. The second-order valence-electron chi connectivity index (χ2n) is 12.7. The highest BCUT2D eigenvalue weighted by Crippen LogP contribution is 2.43. The number of hydrogen-bond donors (Lipinski definition) is 4. The number of carbonyl (C=O) groups is 6. The maximum Gasteiger partial charge on any atom is 0.290 e. The third-order valence-corrected chi connectivity index (χ3v) is 9.48. The summed E-state index contributed by atoms with van der Waals surface area (Å²) in [4.78, 5) is 88.7. The quantitative estimate of drug-likeness (QED) is 0.159. The van der Waals surface area contributed by atoms with E-state index in [0.717, 1.165) is 12.8 Å². The second-order valence-corrected chi connectivity index (χ2v) is 13.8. The highest BCUT2D eigenvalue weighted by atomic mass is 32.2. The molecule has 0 bridgehead atoms. The highest BCUT2D eigenvalue weighted by molar-refractivity contribution is 8.01. The summed E-state index contributed by atoms with van der Waals surface area (Å²) < 4.78 is 27.0. The number of ketones is 1. The van der Waals surface area contributed by atoms with Crippen LogP contribution in [0, 0.1) is 23.7 Å². The molecule has 1 aliphatic carbocycles. The average Bonchev–Trinajstić information content (AvgIpc) is 3.62. The van der Waals surface area contributed by atoms with Gasteiger partial charge in [-0.2, -0.15) is 8.78 Å². The molecule has 1 saturated carbocycles. The van der Waals surface area contributed by atoms with E-state index in [-0.39, 0.29) is 47.8 Å². The minimum absolute atomic E-state index is 0.0130. The molecular formula is C31H45F2N7O6S. The maximum absolute atomic E-state index is 14.1. The number of alkyl halides is 2. The fraction of sp³-hybridized carbons (Fsp3) is 0.677. The van der Waals surface area contributed by atoms with Gasteiger partial charge in [0.25, 0.3) is 23.4 Å². The van der Waals surface area contributed by atoms with E-state index in [4.69, 9.17) is 0 Å². The van der Waals surface area contributed by atoms with Crippen LogP contribution in [0.4, 0.5) is 8.78 Å². The van der Waals surface area contributed by atoms with Gasteiger partial charge in [0, 0.05) is 25.0 Å². The molecule has 5 amide bonds. The fourth-order valence-corrected chi connectivity index (χ4v) is 6.59. The maximum atomic E-state index is 14.1. The zero-order valence-corrected chi connectivity index (χ0v) is 28.3. The van der Waals surface area contributed by atoms with Crippen molar-refractivity contribution in [2.75, 3.05) is 6.54 Å². The third kappa shape index (κ3) is 9.67. The summed E-state index contributed by atoms with van der Waals surface area (Å²) in [6.07, 6.45) is 6.66. The summed E-state index contributed by atoms with van der Waals surface area (Å²) in [7, 11) is 0. The Kier molecular flexibility index (Phi) is 13.6. The normalized spacial score (nSPS) is 21.5. The number of fused-ring (bicyclic) bond motifs is 1.